The van der Waals surface area contributed by atoms with Crippen LogP contribution in [0.1, 0.15) is 5.56 Å². The van der Waals surface area contributed by atoms with Crippen LogP contribution in [-0.4, -0.2) is 56.2 Å². The van der Waals surface area contributed by atoms with Gasteiger partial charge in [0.2, 0.25) is 6.41 Å². The van der Waals surface area contributed by atoms with Gasteiger partial charge in [0.15, 0.2) is 11.5 Å². The standard InChI is InChI=1S/C17H15N3O4.C8H11N.C4H7NO2.C4H6/c1-22-15-7-12-13(8-16(15)23-2)18-6-5-14(12)24-11-3-4-17(19-9-11)20-10-21;1-9-7-8-5-3-2-4-6-8;1-5-3-2-4-7-6;1-3-4-2/h3-10H,1-2H3,(H,19,20,21);2-6,9H,7H2,1H3;2-3,6H,1,4H2;3-4H,1-2H2/b;;3-2+;. The van der Waals surface area contributed by atoms with Crippen molar-refractivity contribution in [1.82, 2.24) is 15.3 Å². The van der Waals surface area contributed by atoms with Gasteiger partial charge in [-0.05, 0) is 49.7 Å². The number of anilines is 1. The lowest BCUT2D eigenvalue weighted by Gasteiger charge is -2.12. The zero-order valence-corrected chi connectivity index (χ0v) is 25.2. The predicted octanol–water partition coefficient (Wildman–Crippen LogP) is 6.46. The van der Waals surface area contributed by atoms with Crippen LogP contribution in [0.3, 0.4) is 0 Å². The Morgan fingerprint density at radius 1 is 0.955 bits per heavy atom. The van der Waals surface area contributed by atoms with Crippen molar-refractivity contribution < 1.29 is 29.1 Å². The van der Waals surface area contributed by atoms with Gasteiger partial charge >= 0.3 is 0 Å². The third kappa shape index (κ3) is 14.0. The summed E-state index contributed by atoms with van der Waals surface area (Å²) in [5.41, 5.74) is 2.05. The molecule has 1 amide bonds. The number of ether oxygens (including phenoxy) is 3. The van der Waals surface area contributed by atoms with E-state index in [2.05, 4.69) is 62.5 Å². The molecule has 0 spiro atoms. The van der Waals surface area contributed by atoms with Crippen LogP contribution in [0.25, 0.3) is 10.9 Å². The molecule has 0 aliphatic carbocycles. The van der Waals surface area contributed by atoms with Crippen molar-refractivity contribution in [2.75, 3.05) is 33.2 Å². The first kappa shape index (κ1) is 36.7. The van der Waals surface area contributed by atoms with E-state index < -0.39 is 0 Å². The second kappa shape index (κ2) is 23.2. The van der Waals surface area contributed by atoms with Crippen LogP contribution in [0.5, 0.6) is 23.0 Å². The lowest BCUT2D eigenvalue weighted by molar-refractivity contribution is -0.231. The summed E-state index contributed by atoms with van der Waals surface area (Å²) in [6.45, 7) is 11.0. The average Bonchev–Trinajstić information content (AvgIpc) is 3.07. The number of nitrogens with one attached hydrogen (secondary N) is 2. The number of hydrogen-bond donors (Lipinski definition) is 3. The molecule has 3 N–H and O–H groups in total. The Kier molecular flexibility index (Phi) is 19.4. The van der Waals surface area contributed by atoms with Gasteiger partial charge in [-0.25, -0.2) is 9.87 Å². The number of aliphatic imine (C=N–C) groups is 1. The Hall–Kier alpha value is -5.36. The monoisotopic (exact) mass is 601 g/mol. The minimum atomic E-state index is 0.166. The Bertz CT molecular complexity index is 1420. The third-order valence-electron chi connectivity index (χ3n) is 5.15. The summed E-state index contributed by atoms with van der Waals surface area (Å²) < 4.78 is 16.5. The van der Waals surface area contributed by atoms with E-state index in [0.717, 1.165) is 17.4 Å². The van der Waals surface area contributed by atoms with Gasteiger partial charge in [-0.3, -0.25) is 20.0 Å². The molecule has 0 aliphatic heterocycles. The molecule has 0 fully saturated rings. The van der Waals surface area contributed by atoms with E-state index in [1.807, 2.05) is 31.3 Å². The lowest BCUT2D eigenvalue weighted by Crippen LogP contribution is -2.04. The highest BCUT2D eigenvalue weighted by molar-refractivity contribution is 5.88. The lowest BCUT2D eigenvalue weighted by atomic mass is 10.2. The molecule has 4 rings (SSSR count). The van der Waals surface area contributed by atoms with Gasteiger partial charge in [0.25, 0.3) is 0 Å². The maximum Gasteiger partial charge on any atom is 0.212 e. The Morgan fingerprint density at radius 2 is 1.66 bits per heavy atom. The zero-order valence-electron chi connectivity index (χ0n) is 25.2. The van der Waals surface area contributed by atoms with Crippen molar-refractivity contribution in [2.24, 2.45) is 4.99 Å². The molecule has 4 aromatic rings. The number of benzene rings is 2. The number of rotatable bonds is 12. The highest BCUT2D eigenvalue weighted by atomic mass is 17.1. The topological polar surface area (TPSA) is 136 Å². The largest absolute Gasteiger partial charge is 0.493 e. The number of nitrogens with zero attached hydrogens (tertiary/aromatic N) is 3. The van der Waals surface area contributed by atoms with E-state index in [0.29, 0.717) is 35.2 Å². The quantitative estimate of drug-likeness (QED) is 0.0549. The van der Waals surface area contributed by atoms with Gasteiger partial charge in [-0.2, -0.15) is 0 Å². The number of carbonyl (C=O) groups excluding carboxylic acids is 1. The molecule has 0 aliphatic rings. The number of amides is 1. The fraction of sp³-hybridized carbons (Fsp3) is 0.152. The fourth-order valence-corrected chi connectivity index (χ4v) is 3.21. The number of pyridine rings is 2. The number of carbonyl (C=O) groups is 1. The summed E-state index contributed by atoms with van der Waals surface area (Å²) in [5, 5.41) is 14.0. The zero-order chi connectivity index (χ0) is 32.4. The Labute approximate surface area is 258 Å². The smallest absolute Gasteiger partial charge is 0.212 e. The molecule has 0 atom stereocenters. The van der Waals surface area contributed by atoms with E-state index in [9.17, 15) is 4.79 Å². The van der Waals surface area contributed by atoms with Crippen molar-refractivity contribution in [3.05, 3.63) is 116 Å². The first-order valence-corrected chi connectivity index (χ1v) is 13.2. The molecular formula is C33H39N5O6. The van der Waals surface area contributed by atoms with Crippen molar-refractivity contribution >= 4 is 29.8 Å². The average molecular weight is 602 g/mol. The Balaban J connectivity index is 0.000000395. The van der Waals surface area contributed by atoms with Gasteiger partial charge in [-0.1, -0.05) is 55.6 Å². The highest BCUT2D eigenvalue weighted by Crippen LogP contribution is 2.36. The van der Waals surface area contributed by atoms with Gasteiger partial charge in [0.05, 0.1) is 25.9 Å². The molecule has 2 aromatic carbocycles. The van der Waals surface area contributed by atoms with E-state index in [4.69, 9.17) is 19.5 Å². The third-order valence-corrected chi connectivity index (χ3v) is 5.15. The second-order valence-corrected chi connectivity index (χ2v) is 8.13. The minimum Gasteiger partial charge on any atom is -0.493 e. The summed E-state index contributed by atoms with van der Waals surface area (Å²) in [6.07, 6.45) is 10.0. The number of methoxy groups -OCH3 is 2. The molecule has 232 valence electrons. The van der Waals surface area contributed by atoms with E-state index >= 15 is 0 Å². The molecule has 0 bridgehead atoms. The van der Waals surface area contributed by atoms with Gasteiger partial charge in [-0.15, -0.1) is 0 Å². The first-order chi connectivity index (χ1) is 21.5. The summed E-state index contributed by atoms with van der Waals surface area (Å²) >= 11 is 0. The van der Waals surface area contributed by atoms with Crippen molar-refractivity contribution in [3.8, 4) is 23.0 Å². The summed E-state index contributed by atoms with van der Waals surface area (Å²) in [5.74, 6) is 2.78. The molecule has 0 unspecified atom stereocenters. The summed E-state index contributed by atoms with van der Waals surface area (Å²) in [7, 11) is 5.10. The van der Waals surface area contributed by atoms with Gasteiger partial charge < -0.3 is 24.8 Å². The molecule has 44 heavy (non-hydrogen) atoms. The number of allylic oxidation sites excluding steroid dienone is 2. The molecule has 11 heteroatoms. The maximum absolute atomic E-state index is 10.4. The van der Waals surface area contributed by atoms with Crippen LogP contribution in [0, 0.1) is 0 Å². The number of fused-ring (bicyclic) bond motifs is 1. The van der Waals surface area contributed by atoms with E-state index in [-0.39, 0.29) is 6.61 Å². The van der Waals surface area contributed by atoms with Crippen LogP contribution in [0.2, 0.25) is 0 Å². The predicted molar refractivity (Wildman–Crippen MR) is 176 cm³/mol. The molecule has 0 saturated heterocycles. The van der Waals surface area contributed by atoms with E-state index in [1.54, 1.807) is 56.8 Å². The minimum absolute atomic E-state index is 0.166. The van der Waals surface area contributed by atoms with Crippen molar-refractivity contribution in [3.63, 3.8) is 0 Å². The molecule has 0 radical (unpaired) electrons. The second-order valence-electron chi connectivity index (χ2n) is 8.13. The van der Waals surface area contributed by atoms with Crippen LogP contribution < -0.4 is 24.8 Å². The van der Waals surface area contributed by atoms with Crippen LogP contribution in [-0.2, 0) is 16.2 Å². The highest BCUT2D eigenvalue weighted by Gasteiger charge is 2.11. The summed E-state index contributed by atoms with van der Waals surface area (Å²) in [4.78, 5) is 25.8. The Morgan fingerprint density at radius 3 is 2.20 bits per heavy atom. The SMILES string of the molecule is C=CC=C.C=N/C=C/COO.CNCc1ccccc1.COc1cc2nccc(Oc3ccc(NC=O)nc3)c2cc1OC. The normalized spacial score (nSPS) is 9.55. The van der Waals surface area contributed by atoms with Crippen LogP contribution in [0.15, 0.2) is 116 Å². The maximum atomic E-state index is 10.4. The van der Waals surface area contributed by atoms with Crippen LogP contribution >= 0.6 is 0 Å². The van der Waals surface area contributed by atoms with Crippen LogP contribution in [0.4, 0.5) is 5.82 Å². The van der Waals surface area contributed by atoms with Crippen molar-refractivity contribution in [2.45, 2.75) is 6.54 Å². The molecule has 11 nitrogen and oxygen atoms in total. The van der Waals surface area contributed by atoms with Crippen molar-refractivity contribution in [1.29, 1.82) is 0 Å². The number of aromatic nitrogens is 2. The molecule has 2 heterocycles. The number of hydrogen-bond acceptors (Lipinski definition) is 10. The first-order valence-electron chi connectivity index (χ1n) is 13.2. The van der Waals surface area contributed by atoms with Gasteiger partial charge in [0.1, 0.15) is 23.9 Å². The molecule has 2 aromatic heterocycles. The summed E-state index contributed by atoms with van der Waals surface area (Å²) in [6, 6.07) is 19.1. The molecular weight excluding hydrogens is 562 g/mol. The van der Waals surface area contributed by atoms with Gasteiger partial charge in [0, 0.05) is 30.4 Å². The fourth-order valence-electron chi connectivity index (χ4n) is 3.21. The van der Waals surface area contributed by atoms with E-state index in [1.165, 1.54) is 24.0 Å². The molecule has 0 saturated carbocycles.